The number of halogens is 2. The minimum absolute atomic E-state index is 0.00722. The molecule has 2 aromatic rings. The molecule has 0 bridgehead atoms. The summed E-state index contributed by atoms with van der Waals surface area (Å²) >= 11 is 12.6. The molecule has 12 nitrogen and oxygen atoms in total. The summed E-state index contributed by atoms with van der Waals surface area (Å²) in [7, 11) is 0. The summed E-state index contributed by atoms with van der Waals surface area (Å²) in [4.78, 5) is 67.3. The van der Waals surface area contributed by atoms with Gasteiger partial charge in [0.2, 0.25) is 11.8 Å². The average molecular weight is 776 g/mol. The lowest BCUT2D eigenvalue weighted by atomic mass is 10.1. The van der Waals surface area contributed by atoms with Crippen LogP contribution in [0.2, 0.25) is 10.0 Å². The predicted octanol–water partition coefficient (Wildman–Crippen LogP) is 5.19. The Kier molecular flexibility index (Phi) is 11.6. The third kappa shape index (κ3) is 8.31. The average Bonchev–Trinajstić information content (AvgIpc) is 3.69. The minimum atomic E-state index is -0.0432. The maximum atomic E-state index is 13.0. The Morgan fingerprint density at radius 1 is 0.667 bits per heavy atom. The lowest BCUT2D eigenvalue weighted by molar-refractivity contribution is -0.118. The van der Waals surface area contributed by atoms with Gasteiger partial charge in [0.25, 0.3) is 0 Å². The van der Waals surface area contributed by atoms with Gasteiger partial charge in [0.15, 0.2) is 11.6 Å². The van der Waals surface area contributed by atoms with E-state index in [9.17, 15) is 19.2 Å². The summed E-state index contributed by atoms with van der Waals surface area (Å²) in [6.07, 6.45) is 5.32. The minimum Gasteiger partial charge on any atom is -0.378 e. The zero-order valence-corrected chi connectivity index (χ0v) is 32.1. The number of amides is 2. The zero-order chi connectivity index (χ0) is 37.9. The zero-order valence-electron chi connectivity index (χ0n) is 30.6. The van der Waals surface area contributed by atoms with Gasteiger partial charge in [-0.2, -0.15) is 0 Å². The highest BCUT2D eigenvalue weighted by Crippen LogP contribution is 2.38. The van der Waals surface area contributed by atoms with Crippen LogP contribution < -0.4 is 9.80 Å². The Bertz CT molecular complexity index is 1830. The largest absolute Gasteiger partial charge is 0.378 e. The number of morpholine rings is 2. The SMILES string of the molecule is C[C@@H]1Cc2c(Cl)cccc2N1C(=O)CC1=NC(N2CCOCC2)=CC(=O)C1.C[C@H]1Cc2c(Cl)cccc2N1C(=O)CC1=NC(N2CCOCC2)=CC(=O)C1. The van der Waals surface area contributed by atoms with Crippen LogP contribution in [0.5, 0.6) is 0 Å². The normalized spacial score (nSPS) is 22.4. The Hall–Kier alpha value is -4.36. The van der Waals surface area contributed by atoms with Gasteiger partial charge in [0.1, 0.15) is 11.6 Å². The molecule has 0 radical (unpaired) electrons. The van der Waals surface area contributed by atoms with Crippen molar-refractivity contribution in [1.82, 2.24) is 9.80 Å². The number of benzene rings is 2. The van der Waals surface area contributed by atoms with Crippen LogP contribution in [0.1, 0.15) is 50.7 Å². The first-order chi connectivity index (χ1) is 26.0. The van der Waals surface area contributed by atoms with Gasteiger partial charge in [0.05, 0.1) is 39.3 Å². The molecule has 6 aliphatic heterocycles. The smallest absolute Gasteiger partial charge is 0.232 e. The van der Waals surface area contributed by atoms with E-state index in [1.165, 1.54) is 0 Å². The van der Waals surface area contributed by atoms with Crippen LogP contribution in [0.4, 0.5) is 11.4 Å². The molecule has 54 heavy (non-hydrogen) atoms. The van der Waals surface area contributed by atoms with Crippen molar-refractivity contribution in [3.05, 3.63) is 81.4 Å². The quantitative estimate of drug-likeness (QED) is 0.393. The number of carbonyl (C=O) groups is 4. The van der Waals surface area contributed by atoms with E-state index in [1.54, 1.807) is 22.0 Å². The number of aliphatic imine (C=N–C) groups is 2. The molecule has 8 rings (SSSR count). The number of hydrogen-bond donors (Lipinski definition) is 0. The number of carbonyl (C=O) groups excluding carboxylic acids is 4. The van der Waals surface area contributed by atoms with Gasteiger partial charge in [0, 0.05) is 96.1 Å². The molecule has 14 heteroatoms. The Morgan fingerprint density at radius 3 is 1.44 bits per heavy atom. The fourth-order valence-electron chi connectivity index (χ4n) is 7.85. The highest BCUT2D eigenvalue weighted by molar-refractivity contribution is 6.32. The topological polar surface area (TPSA) is 124 Å². The van der Waals surface area contributed by atoms with E-state index in [0.29, 0.717) is 85.7 Å². The molecular weight excluding hydrogens is 731 g/mol. The summed E-state index contributed by atoms with van der Waals surface area (Å²) in [5.41, 5.74) is 5.00. The van der Waals surface area contributed by atoms with Crippen LogP contribution in [0.15, 0.2) is 70.2 Å². The number of rotatable bonds is 6. The second kappa shape index (κ2) is 16.6. The molecular formula is C40H44Cl2N6O6. The fourth-order valence-corrected chi connectivity index (χ4v) is 8.34. The lowest BCUT2D eigenvalue weighted by Crippen LogP contribution is -2.38. The van der Waals surface area contributed by atoms with E-state index in [4.69, 9.17) is 32.7 Å². The maximum Gasteiger partial charge on any atom is 0.232 e. The first-order valence-electron chi connectivity index (χ1n) is 18.5. The molecule has 2 fully saturated rings. The second-order valence-electron chi connectivity index (χ2n) is 14.3. The molecule has 0 aliphatic carbocycles. The number of fused-ring (bicyclic) bond motifs is 2. The first kappa shape index (κ1) is 37.9. The highest BCUT2D eigenvalue weighted by Gasteiger charge is 2.35. The molecule has 0 spiro atoms. The summed E-state index contributed by atoms with van der Waals surface area (Å²) in [6, 6.07) is 11.4. The van der Waals surface area contributed by atoms with E-state index in [2.05, 4.69) is 9.98 Å². The number of hydrogen-bond acceptors (Lipinski definition) is 10. The number of ether oxygens (including phenoxy) is 2. The molecule has 2 amide bonds. The summed E-state index contributed by atoms with van der Waals surface area (Å²) in [6.45, 7) is 9.35. The van der Waals surface area contributed by atoms with Crippen molar-refractivity contribution in [3.8, 4) is 0 Å². The van der Waals surface area contributed by atoms with Gasteiger partial charge >= 0.3 is 0 Å². The summed E-state index contributed by atoms with van der Waals surface area (Å²) < 4.78 is 10.7. The van der Waals surface area contributed by atoms with Gasteiger partial charge < -0.3 is 29.1 Å². The summed E-state index contributed by atoms with van der Waals surface area (Å²) in [5, 5.41) is 1.38. The van der Waals surface area contributed by atoms with Gasteiger partial charge in [-0.05, 0) is 62.1 Å². The highest BCUT2D eigenvalue weighted by atomic mass is 35.5. The predicted molar refractivity (Wildman–Crippen MR) is 209 cm³/mol. The second-order valence-corrected chi connectivity index (χ2v) is 15.1. The van der Waals surface area contributed by atoms with Crippen LogP contribution in [-0.4, -0.2) is 109 Å². The molecule has 0 aromatic heterocycles. The third-order valence-corrected chi connectivity index (χ3v) is 11.1. The monoisotopic (exact) mass is 774 g/mol. The molecule has 284 valence electrons. The number of anilines is 2. The van der Waals surface area contributed by atoms with Gasteiger partial charge in [-0.1, -0.05) is 35.3 Å². The van der Waals surface area contributed by atoms with E-state index >= 15 is 0 Å². The van der Waals surface area contributed by atoms with Crippen LogP contribution in [0, 0.1) is 0 Å². The Morgan fingerprint density at radius 2 is 1.06 bits per heavy atom. The van der Waals surface area contributed by atoms with Gasteiger partial charge in [-0.25, -0.2) is 9.98 Å². The molecule has 6 aliphatic rings. The van der Waals surface area contributed by atoms with Crippen molar-refractivity contribution in [2.75, 3.05) is 62.4 Å². The van der Waals surface area contributed by atoms with Crippen LogP contribution in [0.3, 0.4) is 0 Å². The Labute approximate surface area is 325 Å². The van der Waals surface area contributed by atoms with Crippen molar-refractivity contribution in [3.63, 3.8) is 0 Å². The fraction of sp³-hybridized carbons (Fsp3) is 0.450. The van der Waals surface area contributed by atoms with E-state index in [1.807, 2.05) is 60.0 Å². The van der Waals surface area contributed by atoms with Crippen LogP contribution in [-0.2, 0) is 41.5 Å². The van der Waals surface area contributed by atoms with Crippen LogP contribution >= 0.6 is 23.2 Å². The van der Waals surface area contributed by atoms with E-state index < -0.39 is 0 Å². The Balaban J connectivity index is 0.000000167. The number of allylic oxidation sites excluding steroid dienone is 2. The number of nitrogens with zero attached hydrogens (tertiary/aromatic N) is 6. The lowest BCUT2D eigenvalue weighted by Gasteiger charge is -2.30. The molecule has 0 saturated carbocycles. The van der Waals surface area contributed by atoms with Gasteiger partial charge in [-0.15, -0.1) is 0 Å². The van der Waals surface area contributed by atoms with Crippen molar-refractivity contribution in [1.29, 1.82) is 0 Å². The van der Waals surface area contributed by atoms with Crippen molar-refractivity contribution in [2.24, 2.45) is 9.98 Å². The van der Waals surface area contributed by atoms with Gasteiger partial charge in [-0.3, -0.25) is 19.2 Å². The maximum absolute atomic E-state index is 13.0. The standard InChI is InChI=1S/2C20H22ClN3O3/c2*1-13-9-16-17(21)3-2-4-18(16)24(13)20(26)11-14-10-15(25)12-19(22-14)23-5-7-27-8-6-23/h2*2-4,12-13H,5-11H2,1H3/t2*13-/m10/s1. The molecule has 0 N–H and O–H groups in total. The molecule has 2 atom stereocenters. The number of ketones is 2. The van der Waals surface area contributed by atoms with E-state index in [0.717, 1.165) is 35.3 Å². The van der Waals surface area contributed by atoms with E-state index in [-0.39, 0.29) is 61.1 Å². The molecule has 6 heterocycles. The van der Waals surface area contributed by atoms with Crippen LogP contribution in [0.25, 0.3) is 0 Å². The molecule has 0 unspecified atom stereocenters. The summed E-state index contributed by atoms with van der Waals surface area (Å²) in [5.74, 6) is 1.20. The third-order valence-electron chi connectivity index (χ3n) is 10.4. The molecule has 2 aromatic carbocycles. The van der Waals surface area contributed by atoms with Crippen molar-refractivity contribution < 1.29 is 28.7 Å². The van der Waals surface area contributed by atoms with Crippen molar-refractivity contribution in [2.45, 2.75) is 64.5 Å². The first-order valence-corrected chi connectivity index (χ1v) is 19.3. The molecule has 2 saturated heterocycles. The van der Waals surface area contributed by atoms with Crippen molar-refractivity contribution >= 4 is 69.4 Å².